The highest BCUT2D eigenvalue weighted by atomic mass is 79.9. The monoisotopic (exact) mass is 510 g/mol. The van der Waals surface area contributed by atoms with E-state index in [4.69, 9.17) is 4.74 Å². The number of amides is 2. The number of likely N-dealkylation sites (tertiary alicyclic amines) is 1. The summed E-state index contributed by atoms with van der Waals surface area (Å²) in [6.07, 6.45) is 8.72. The Morgan fingerprint density at radius 2 is 1.85 bits per heavy atom. The van der Waals surface area contributed by atoms with E-state index in [1.807, 2.05) is 29.3 Å². The first kappa shape index (κ1) is 21.6. The Balaban J connectivity index is 1.30. The fourth-order valence-electron chi connectivity index (χ4n) is 4.72. The van der Waals surface area contributed by atoms with Gasteiger partial charge >= 0.3 is 0 Å². The van der Waals surface area contributed by atoms with Crippen LogP contribution < -0.4 is 9.64 Å². The molecule has 5 rings (SSSR count). The van der Waals surface area contributed by atoms with Crippen molar-refractivity contribution in [2.45, 2.75) is 19.3 Å². The van der Waals surface area contributed by atoms with Crippen molar-refractivity contribution < 1.29 is 14.3 Å². The summed E-state index contributed by atoms with van der Waals surface area (Å²) in [5.74, 6) is 0.794. The largest absolute Gasteiger partial charge is 0.496 e. The molecule has 2 saturated heterocycles. The molecule has 0 aliphatic carbocycles. The van der Waals surface area contributed by atoms with Crippen molar-refractivity contribution in [1.82, 2.24) is 25.1 Å². The molecule has 3 aromatic rings. The van der Waals surface area contributed by atoms with Crippen molar-refractivity contribution >= 4 is 33.4 Å². The number of piperidine rings is 1. The summed E-state index contributed by atoms with van der Waals surface area (Å²) in [6, 6.07) is 5.81. The summed E-state index contributed by atoms with van der Waals surface area (Å²) in [5, 5.41) is 6.81. The molecule has 9 nitrogen and oxygen atoms in total. The second-order valence-corrected chi connectivity index (χ2v) is 9.29. The smallest absolute Gasteiger partial charge is 0.291 e. The van der Waals surface area contributed by atoms with Crippen molar-refractivity contribution in [2.75, 3.05) is 31.6 Å². The number of nitrogens with one attached hydrogen (secondary N) is 1. The van der Waals surface area contributed by atoms with Gasteiger partial charge in [0.25, 0.3) is 5.91 Å². The van der Waals surface area contributed by atoms with E-state index in [9.17, 15) is 9.59 Å². The van der Waals surface area contributed by atoms with Crippen LogP contribution in [-0.2, 0) is 4.79 Å². The van der Waals surface area contributed by atoms with Crippen molar-refractivity contribution in [3.05, 3.63) is 53.3 Å². The number of hydrogen-bond donors (Lipinski definition) is 1. The van der Waals surface area contributed by atoms with Crippen LogP contribution in [0.2, 0.25) is 0 Å². The van der Waals surface area contributed by atoms with Crippen molar-refractivity contribution in [3.63, 3.8) is 0 Å². The number of hydrogen-bond acceptors (Lipinski definition) is 6. The second kappa shape index (κ2) is 8.58. The lowest BCUT2D eigenvalue weighted by atomic mass is 9.77. The van der Waals surface area contributed by atoms with Gasteiger partial charge in [-0.15, -0.1) is 0 Å². The highest BCUT2D eigenvalue weighted by Gasteiger charge is 2.49. The van der Waals surface area contributed by atoms with Crippen molar-refractivity contribution in [1.29, 1.82) is 0 Å². The van der Waals surface area contributed by atoms with Crippen LogP contribution in [0.25, 0.3) is 11.1 Å². The quantitative estimate of drug-likeness (QED) is 0.577. The molecule has 2 amide bonds. The maximum atomic E-state index is 13.5. The van der Waals surface area contributed by atoms with Crippen LogP contribution in [0, 0.1) is 5.41 Å². The minimum atomic E-state index is -0.437. The first-order chi connectivity index (χ1) is 16.0. The highest BCUT2D eigenvalue weighted by molar-refractivity contribution is 9.10. The first-order valence-electron chi connectivity index (χ1n) is 10.8. The fourth-order valence-corrected chi connectivity index (χ4v) is 4.92. The molecule has 2 aliphatic heterocycles. The lowest BCUT2D eigenvalue weighted by molar-refractivity contribution is -0.127. The van der Waals surface area contributed by atoms with Crippen LogP contribution in [0.15, 0.2) is 47.5 Å². The predicted molar refractivity (Wildman–Crippen MR) is 125 cm³/mol. The Hall–Kier alpha value is -3.27. The molecular weight excluding hydrogens is 488 g/mol. The van der Waals surface area contributed by atoms with Crippen molar-refractivity contribution in [3.8, 4) is 16.9 Å². The molecule has 0 saturated carbocycles. The summed E-state index contributed by atoms with van der Waals surface area (Å²) in [7, 11) is 1.62. The zero-order valence-corrected chi connectivity index (χ0v) is 19.7. The molecule has 10 heteroatoms. The molecule has 2 aromatic heterocycles. The molecule has 1 aromatic carbocycles. The van der Waals surface area contributed by atoms with Crippen LogP contribution in [-0.4, -0.2) is 63.6 Å². The maximum absolute atomic E-state index is 13.5. The Bertz CT molecular complexity index is 1170. The average Bonchev–Trinajstić information content (AvgIpc) is 3.49. The zero-order valence-electron chi connectivity index (χ0n) is 18.1. The first-order valence-corrected chi connectivity index (χ1v) is 11.6. The van der Waals surface area contributed by atoms with Gasteiger partial charge < -0.3 is 14.5 Å². The van der Waals surface area contributed by atoms with Crippen LogP contribution in [0.1, 0.15) is 29.9 Å². The van der Waals surface area contributed by atoms with E-state index in [2.05, 4.69) is 36.1 Å². The van der Waals surface area contributed by atoms with E-state index in [1.54, 1.807) is 30.6 Å². The zero-order chi connectivity index (χ0) is 23.0. The molecule has 1 spiro atoms. The van der Waals surface area contributed by atoms with Crippen molar-refractivity contribution in [2.24, 2.45) is 5.41 Å². The number of H-pyrrole nitrogens is 1. The van der Waals surface area contributed by atoms with Crippen LogP contribution in [0.3, 0.4) is 0 Å². The minimum absolute atomic E-state index is 0.118. The van der Waals surface area contributed by atoms with Crippen LogP contribution in [0.5, 0.6) is 5.75 Å². The molecule has 1 N–H and O–H groups in total. The summed E-state index contributed by atoms with van der Waals surface area (Å²) in [4.78, 5) is 38.1. The van der Waals surface area contributed by atoms with Gasteiger partial charge in [-0.3, -0.25) is 14.7 Å². The molecule has 0 radical (unpaired) electrons. The third-order valence-corrected chi connectivity index (χ3v) is 7.05. The Kier molecular flexibility index (Phi) is 5.61. The second-order valence-electron chi connectivity index (χ2n) is 8.38. The predicted octanol–water partition coefficient (Wildman–Crippen LogP) is 3.30. The van der Waals surface area contributed by atoms with Gasteiger partial charge in [0.15, 0.2) is 0 Å². The molecule has 0 atom stereocenters. The van der Waals surface area contributed by atoms with E-state index in [0.717, 1.165) is 27.7 Å². The molecule has 2 fully saturated rings. The molecule has 33 heavy (non-hydrogen) atoms. The van der Waals surface area contributed by atoms with Crippen LogP contribution in [0.4, 0.5) is 5.69 Å². The third kappa shape index (κ3) is 3.88. The molecule has 0 unspecified atom stereocenters. The number of anilines is 1. The van der Waals surface area contributed by atoms with Gasteiger partial charge in [0.05, 0.1) is 23.2 Å². The summed E-state index contributed by atoms with van der Waals surface area (Å²) < 4.78 is 6.32. The maximum Gasteiger partial charge on any atom is 0.291 e. The van der Waals surface area contributed by atoms with Gasteiger partial charge in [0.2, 0.25) is 11.7 Å². The van der Waals surface area contributed by atoms with E-state index < -0.39 is 5.41 Å². The van der Waals surface area contributed by atoms with E-state index in [0.29, 0.717) is 38.2 Å². The number of rotatable bonds is 4. The van der Waals surface area contributed by atoms with Gasteiger partial charge in [0.1, 0.15) is 5.75 Å². The lowest BCUT2D eigenvalue weighted by Crippen LogP contribution is -2.47. The average molecular weight is 511 g/mol. The Morgan fingerprint density at radius 3 is 2.52 bits per heavy atom. The molecule has 4 heterocycles. The van der Waals surface area contributed by atoms with E-state index in [1.165, 1.54) is 0 Å². The third-order valence-electron chi connectivity index (χ3n) is 6.64. The summed E-state index contributed by atoms with van der Waals surface area (Å²) in [6.45, 7) is 1.68. The van der Waals surface area contributed by atoms with Crippen LogP contribution >= 0.6 is 15.9 Å². The minimum Gasteiger partial charge on any atom is -0.496 e. The number of methoxy groups -OCH3 is 1. The molecule has 0 bridgehead atoms. The molecule has 170 valence electrons. The number of carbonyl (C=O) groups is 2. The number of ether oxygens (including phenoxy) is 1. The van der Waals surface area contributed by atoms with Gasteiger partial charge in [-0.25, -0.2) is 9.97 Å². The van der Waals surface area contributed by atoms with E-state index >= 15 is 0 Å². The molecular formula is C23H23BrN6O3. The summed E-state index contributed by atoms with van der Waals surface area (Å²) >= 11 is 3.28. The Morgan fingerprint density at radius 1 is 1.12 bits per heavy atom. The summed E-state index contributed by atoms with van der Waals surface area (Å²) in [5.41, 5.74) is 2.23. The fraction of sp³-hybridized carbons (Fsp3) is 0.348. The number of halogens is 1. The number of nitrogens with zero attached hydrogens (tertiary/aromatic N) is 5. The topological polar surface area (TPSA) is 104 Å². The van der Waals surface area contributed by atoms with Gasteiger partial charge in [-0.1, -0.05) is 0 Å². The Labute approximate surface area is 199 Å². The SMILES string of the molecule is COc1cc(N2CCC3(CCN(C(=O)c4ncc(Br)cn4)CC3)C2=O)ccc1-c1cn[nH]c1. The standard InChI is InChI=1S/C23H23BrN6O3/c1-33-19-10-17(2-3-18(19)15-11-27-28-12-15)30-9-6-23(22(30)32)4-7-29(8-5-23)21(31)20-25-13-16(24)14-26-20/h2-3,10-14H,4-9H2,1H3,(H,27,28). The number of benzene rings is 1. The number of aromatic nitrogens is 4. The van der Waals surface area contributed by atoms with Gasteiger partial charge in [-0.2, -0.15) is 5.10 Å². The molecule has 2 aliphatic rings. The number of carbonyl (C=O) groups excluding carboxylic acids is 2. The highest BCUT2D eigenvalue weighted by Crippen LogP contribution is 2.44. The number of aromatic amines is 1. The van der Waals surface area contributed by atoms with Gasteiger partial charge in [0, 0.05) is 61.1 Å². The van der Waals surface area contributed by atoms with E-state index in [-0.39, 0.29) is 17.6 Å². The lowest BCUT2D eigenvalue weighted by Gasteiger charge is -2.37. The normalized spacial score (nSPS) is 17.6. The van der Waals surface area contributed by atoms with Gasteiger partial charge in [-0.05, 0) is 47.3 Å².